The van der Waals surface area contributed by atoms with Crippen LogP contribution in [-0.4, -0.2) is 155 Å². The summed E-state index contributed by atoms with van der Waals surface area (Å²) in [6.45, 7) is 17.0. The van der Waals surface area contributed by atoms with E-state index in [1.54, 1.807) is 48.5 Å². The van der Waals surface area contributed by atoms with Gasteiger partial charge in [-0.25, -0.2) is 0 Å². The number of hydrogen-bond acceptors (Lipinski definition) is 15. The Morgan fingerprint density at radius 2 is 1.53 bits per heavy atom. The molecule has 0 saturated carbocycles. The van der Waals surface area contributed by atoms with E-state index in [4.69, 9.17) is 33.3 Å². The fourth-order valence-corrected chi connectivity index (χ4v) is 8.70. The first-order valence-electron chi connectivity index (χ1n) is 19.1. The van der Waals surface area contributed by atoms with Crippen LogP contribution in [0.4, 0.5) is 0 Å². The molecule has 3 saturated heterocycles. The van der Waals surface area contributed by atoms with Crippen molar-refractivity contribution in [3.8, 4) is 0 Å². The molecule has 3 fully saturated rings. The zero-order chi connectivity index (χ0) is 40.4. The summed E-state index contributed by atoms with van der Waals surface area (Å²) >= 11 is 0. The lowest BCUT2D eigenvalue weighted by Gasteiger charge is -2.49. The molecule has 3 aliphatic heterocycles. The zero-order valence-electron chi connectivity index (χ0n) is 34.4. The van der Waals surface area contributed by atoms with E-state index in [1.165, 1.54) is 21.1 Å². The van der Waals surface area contributed by atoms with Crippen molar-refractivity contribution in [3.63, 3.8) is 0 Å². The predicted octanol–water partition coefficient (Wildman–Crippen LogP) is 2.22. The Morgan fingerprint density at radius 3 is 2.08 bits per heavy atom. The van der Waals surface area contributed by atoms with E-state index < -0.39 is 102 Å². The second-order valence-corrected chi connectivity index (χ2v) is 16.8. The van der Waals surface area contributed by atoms with Crippen LogP contribution in [0.15, 0.2) is 5.16 Å². The number of carbonyl (C=O) groups excluding carboxylic acids is 1. The summed E-state index contributed by atoms with van der Waals surface area (Å²) in [5.41, 5.74) is -4.30. The van der Waals surface area contributed by atoms with Crippen molar-refractivity contribution in [3.05, 3.63) is 0 Å². The molecule has 0 aromatic rings. The lowest BCUT2D eigenvalue weighted by molar-refractivity contribution is -0.317. The first-order chi connectivity index (χ1) is 24.5. The molecular weight excluding hydrogens is 692 g/mol. The van der Waals surface area contributed by atoms with Crippen LogP contribution in [0.3, 0.4) is 0 Å². The van der Waals surface area contributed by atoms with Crippen molar-refractivity contribution in [1.82, 2.24) is 4.90 Å². The number of esters is 1. The largest absolute Gasteiger partial charge is 0.459 e. The standard InChI is InChI=1S/C38H70N2O13/c1-15-26-38(10,46)31(42)21(4)28(39-48-14)19(2)17-36(8,45)33(53-35-29(41)25(40(11)12)16-20(3)49-35)22(5)30(23(6)34(44)51-26)52-27-18-37(9,47-13)32(43)24(7)50-27/h19-27,29-33,35,41-43,45-46H,15-18H2,1-14H3/t19-,20-,21+,22+,23-,24+,25+,26-,27+,29-,30+,31-,32+,33-,35+,36-,37-,38-/m1/s1. The van der Waals surface area contributed by atoms with E-state index in [2.05, 4.69) is 5.16 Å². The van der Waals surface area contributed by atoms with Gasteiger partial charge in [0.2, 0.25) is 0 Å². The lowest BCUT2D eigenvalue weighted by Crippen LogP contribution is -2.61. The monoisotopic (exact) mass is 762 g/mol. The van der Waals surface area contributed by atoms with E-state index in [1.807, 2.05) is 32.8 Å². The topological polar surface area (TPSA) is 198 Å². The highest BCUT2D eigenvalue weighted by Gasteiger charge is 2.53. The molecule has 53 heavy (non-hydrogen) atoms. The minimum absolute atomic E-state index is 0.0204. The molecule has 3 rings (SSSR count). The van der Waals surface area contributed by atoms with Crippen molar-refractivity contribution in [1.29, 1.82) is 0 Å². The third-order valence-corrected chi connectivity index (χ3v) is 12.1. The highest BCUT2D eigenvalue weighted by Crippen LogP contribution is 2.41. The van der Waals surface area contributed by atoms with Crippen LogP contribution >= 0.6 is 0 Å². The summed E-state index contributed by atoms with van der Waals surface area (Å²) in [5.74, 6) is -3.90. The van der Waals surface area contributed by atoms with Crippen molar-refractivity contribution < 1.29 is 63.6 Å². The minimum Gasteiger partial charge on any atom is -0.459 e. The number of likely N-dealkylation sites (N-methyl/N-ethyl adjacent to an activating group) is 1. The maximum atomic E-state index is 14.2. The van der Waals surface area contributed by atoms with Gasteiger partial charge >= 0.3 is 5.97 Å². The van der Waals surface area contributed by atoms with Gasteiger partial charge in [0.15, 0.2) is 12.6 Å². The summed E-state index contributed by atoms with van der Waals surface area (Å²) in [5, 5.41) is 62.8. The van der Waals surface area contributed by atoms with Gasteiger partial charge in [0.05, 0.1) is 53.4 Å². The van der Waals surface area contributed by atoms with Crippen molar-refractivity contribution >= 4 is 11.7 Å². The van der Waals surface area contributed by atoms with Gasteiger partial charge in [-0.2, -0.15) is 0 Å². The molecule has 0 spiro atoms. The fraction of sp³-hybridized carbons (Fsp3) is 0.947. The van der Waals surface area contributed by atoms with Gasteiger partial charge in [0, 0.05) is 37.3 Å². The smallest absolute Gasteiger partial charge is 0.311 e. The molecule has 18 atom stereocenters. The molecular formula is C38H70N2O13. The number of aliphatic hydroxyl groups is 5. The Balaban J connectivity index is 2.23. The average molecular weight is 763 g/mol. The van der Waals surface area contributed by atoms with E-state index in [-0.39, 0.29) is 31.4 Å². The molecule has 0 aromatic heterocycles. The molecule has 3 heterocycles. The maximum absolute atomic E-state index is 14.2. The van der Waals surface area contributed by atoms with Crippen LogP contribution in [0.25, 0.3) is 0 Å². The first-order valence-corrected chi connectivity index (χ1v) is 19.1. The molecule has 0 aliphatic carbocycles. The van der Waals surface area contributed by atoms with Crippen molar-refractivity contribution in [2.24, 2.45) is 28.8 Å². The van der Waals surface area contributed by atoms with Crippen molar-refractivity contribution in [2.45, 2.75) is 179 Å². The second-order valence-electron chi connectivity index (χ2n) is 16.8. The van der Waals surface area contributed by atoms with Gasteiger partial charge in [-0.1, -0.05) is 32.9 Å². The number of hydrogen-bond donors (Lipinski definition) is 5. The molecule has 0 bridgehead atoms. The number of ether oxygens (including phenoxy) is 6. The van der Waals surface area contributed by atoms with Gasteiger partial charge in [0.1, 0.15) is 31.0 Å². The number of carbonyl (C=O) groups is 1. The number of oxime groups is 1. The third kappa shape index (κ3) is 10.1. The molecule has 15 nitrogen and oxygen atoms in total. The summed E-state index contributed by atoms with van der Waals surface area (Å²) in [4.78, 5) is 21.3. The van der Waals surface area contributed by atoms with Crippen molar-refractivity contribution in [2.75, 3.05) is 28.3 Å². The number of nitrogens with zero attached hydrogens (tertiary/aromatic N) is 2. The number of aliphatic hydroxyl groups excluding tert-OH is 3. The molecule has 0 radical (unpaired) electrons. The molecule has 0 aromatic carbocycles. The van der Waals surface area contributed by atoms with Crippen LogP contribution in [0.1, 0.15) is 94.9 Å². The number of methoxy groups -OCH3 is 1. The number of rotatable bonds is 8. The van der Waals surface area contributed by atoms with Crippen LogP contribution < -0.4 is 0 Å². The molecule has 3 aliphatic rings. The highest BCUT2D eigenvalue weighted by molar-refractivity contribution is 5.88. The zero-order valence-corrected chi connectivity index (χ0v) is 34.4. The van der Waals surface area contributed by atoms with E-state index >= 15 is 0 Å². The van der Waals surface area contributed by atoms with Gasteiger partial charge in [-0.3, -0.25) is 4.79 Å². The summed E-state index contributed by atoms with van der Waals surface area (Å²) in [6.07, 6.45) is -9.08. The summed E-state index contributed by atoms with van der Waals surface area (Å²) in [7, 11) is 6.60. The Labute approximate surface area is 316 Å². The molecule has 0 unspecified atom stereocenters. The van der Waals surface area contributed by atoms with Crippen LogP contribution in [-0.2, 0) is 38.1 Å². The van der Waals surface area contributed by atoms with Crippen LogP contribution in [0, 0.1) is 23.7 Å². The third-order valence-electron chi connectivity index (χ3n) is 12.1. The maximum Gasteiger partial charge on any atom is 0.311 e. The second kappa shape index (κ2) is 18.2. The van der Waals surface area contributed by atoms with Gasteiger partial charge in [-0.15, -0.1) is 0 Å². The minimum atomic E-state index is -1.91. The average Bonchev–Trinajstić information content (AvgIpc) is 3.08. The Bertz CT molecular complexity index is 1220. The lowest BCUT2D eigenvalue weighted by atomic mass is 9.73. The Hall–Kier alpha value is -1.50. The van der Waals surface area contributed by atoms with Gasteiger partial charge in [0.25, 0.3) is 0 Å². The quantitative estimate of drug-likeness (QED) is 0.178. The molecule has 0 amide bonds. The summed E-state index contributed by atoms with van der Waals surface area (Å²) in [6, 6.07) is -0.306. The fourth-order valence-electron chi connectivity index (χ4n) is 8.70. The normalized spacial score (nSPS) is 49.0. The van der Waals surface area contributed by atoms with E-state index in [0.717, 1.165) is 0 Å². The first kappa shape index (κ1) is 45.9. The molecule has 15 heteroatoms. The van der Waals surface area contributed by atoms with E-state index in [0.29, 0.717) is 12.1 Å². The summed E-state index contributed by atoms with van der Waals surface area (Å²) < 4.78 is 37.4. The Morgan fingerprint density at radius 1 is 0.906 bits per heavy atom. The molecule has 5 N–H and O–H groups in total. The SMILES string of the molecule is CC[C@H]1OC(=O)[C@H](C)[C@@H](O[C@H]2C[C@@](C)(OC)[C@@H](O)[C@H](C)O2)[C@H](C)[C@@H](O[C@@H]2O[C@H](C)C[C@H](N(C)C)[C@H]2O)[C@](C)(O)C[C@@H](C)C(=NOC)[C@H](C)[C@@H](O)[C@]1(C)O. The highest BCUT2D eigenvalue weighted by atomic mass is 16.7. The predicted molar refractivity (Wildman–Crippen MR) is 196 cm³/mol. The number of cyclic esters (lactones) is 1. The van der Waals surface area contributed by atoms with E-state index in [9.17, 15) is 30.3 Å². The van der Waals surface area contributed by atoms with Gasteiger partial charge in [-0.05, 0) is 74.9 Å². The Kier molecular flexibility index (Phi) is 15.7. The van der Waals surface area contributed by atoms with Gasteiger partial charge < -0.3 is 63.7 Å². The molecule has 310 valence electrons. The van der Waals surface area contributed by atoms with Crippen LogP contribution in [0.5, 0.6) is 0 Å². The van der Waals surface area contributed by atoms with Crippen LogP contribution in [0.2, 0.25) is 0 Å².